The monoisotopic (exact) mass is 394 g/mol. The zero-order chi connectivity index (χ0) is 17.3. The van der Waals surface area contributed by atoms with Crippen LogP contribution in [-0.4, -0.2) is 45.3 Å². The highest BCUT2D eigenvalue weighted by atomic mass is 32.2. The molecule has 4 rings (SSSR count). The molecule has 0 bridgehead atoms. The third-order valence-electron chi connectivity index (χ3n) is 3.93. The zero-order valence-corrected chi connectivity index (χ0v) is 15.9. The zero-order valence-electron chi connectivity index (χ0n) is 13.5. The molecule has 0 N–H and O–H groups in total. The van der Waals surface area contributed by atoms with Crippen molar-refractivity contribution < 1.29 is 17.9 Å². The van der Waals surface area contributed by atoms with E-state index in [1.807, 2.05) is 24.3 Å². The summed E-state index contributed by atoms with van der Waals surface area (Å²) in [5.74, 6) is 1.56. The highest BCUT2D eigenvalue weighted by molar-refractivity contribution is 8.01. The molecule has 2 unspecified atom stereocenters. The lowest BCUT2D eigenvalue weighted by Crippen LogP contribution is -2.06. The van der Waals surface area contributed by atoms with E-state index >= 15 is 0 Å². The largest absolute Gasteiger partial charge is 0.372 e. The molecule has 2 aliphatic rings. The third kappa shape index (κ3) is 4.23. The van der Waals surface area contributed by atoms with E-state index < -0.39 is 9.84 Å². The Hall–Kier alpha value is -0.990. The van der Waals surface area contributed by atoms with Gasteiger partial charge >= 0.3 is 0 Å². The molecular formula is C18H18O4S3. The maximum atomic E-state index is 13.3. The number of hydrogen-bond acceptors (Lipinski definition) is 6. The van der Waals surface area contributed by atoms with Crippen molar-refractivity contribution in [1.82, 2.24) is 0 Å². The third-order valence-corrected chi connectivity index (χ3v) is 8.47. The first-order valence-corrected chi connectivity index (χ1v) is 11.5. The number of benzene rings is 2. The second-order valence-electron chi connectivity index (χ2n) is 5.93. The molecule has 0 spiro atoms. The van der Waals surface area contributed by atoms with Crippen molar-refractivity contribution in [1.29, 1.82) is 0 Å². The van der Waals surface area contributed by atoms with Gasteiger partial charge in [-0.25, -0.2) is 8.42 Å². The molecule has 25 heavy (non-hydrogen) atoms. The lowest BCUT2D eigenvalue weighted by Gasteiger charge is -2.13. The van der Waals surface area contributed by atoms with Crippen molar-refractivity contribution in [2.75, 3.05) is 24.7 Å². The summed E-state index contributed by atoms with van der Waals surface area (Å²) in [6.07, 6.45) is 0.504. The molecule has 2 atom stereocenters. The molecule has 2 aromatic rings. The van der Waals surface area contributed by atoms with Crippen molar-refractivity contribution >= 4 is 33.4 Å². The van der Waals surface area contributed by atoms with Crippen molar-refractivity contribution in [2.24, 2.45) is 0 Å². The highest BCUT2D eigenvalue weighted by Gasteiger charge is 2.28. The number of epoxide rings is 2. The fourth-order valence-electron chi connectivity index (χ4n) is 2.40. The van der Waals surface area contributed by atoms with Crippen LogP contribution in [0.5, 0.6) is 0 Å². The van der Waals surface area contributed by atoms with Gasteiger partial charge in [-0.05, 0) is 24.3 Å². The van der Waals surface area contributed by atoms with Crippen LogP contribution in [0.4, 0.5) is 0 Å². The van der Waals surface area contributed by atoms with E-state index in [4.69, 9.17) is 9.47 Å². The minimum absolute atomic E-state index is 0.252. The van der Waals surface area contributed by atoms with Gasteiger partial charge in [0.2, 0.25) is 9.84 Å². The van der Waals surface area contributed by atoms with Gasteiger partial charge in [0.1, 0.15) is 0 Å². The van der Waals surface area contributed by atoms with Crippen LogP contribution >= 0.6 is 23.5 Å². The average molecular weight is 395 g/mol. The Morgan fingerprint density at radius 2 is 1.20 bits per heavy atom. The van der Waals surface area contributed by atoms with Crippen molar-refractivity contribution in [2.45, 2.75) is 31.8 Å². The highest BCUT2D eigenvalue weighted by Crippen LogP contribution is 2.37. The molecule has 0 saturated carbocycles. The van der Waals surface area contributed by atoms with Crippen LogP contribution in [0, 0.1) is 0 Å². The molecule has 2 aromatic carbocycles. The Morgan fingerprint density at radius 3 is 1.60 bits per heavy atom. The Balaban J connectivity index is 1.64. The minimum atomic E-state index is -3.58. The minimum Gasteiger partial charge on any atom is -0.372 e. The average Bonchev–Trinajstić information content (AvgIpc) is 3.53. The van der Waals surface area contributed by atoms with Crippen LogP contribution < -0.4 is 0 Å². The van der Waals surface area contributed by atoms with Gasteiger partial charge in [-0.3, -0.25) is 0 Å². The van der Waals surface area contributed by atoms with Gasteiger partial charge in [0.05, 0.1) is 35.2 Å². The summed E-state index contributed by atoms with van der Waals surface area (Å²) in [4.78, 5) is 2.31. The Labute approximate surface area is 156 Å². The van der Waals surface area contributed by atoms with Gasteiger partial charge in [-0.2, -0.15) is 0 Å². The van der Waals surface area contributed by atoms with Crippen LogP contribution in [0.2, 0.25) is 0 Å². The van der Waals surface area contributed by atoms with Crippen LogP contribution in [-0.2, 0) is 19.3 Å². The summed E-state index contributed by atoms with van der Waals surface area (Å²) < 4.78 is 37.1. The topological polar surface area (TPSA) is 59.2 Å². The molecule has 2 saturated heterocycles. The molecular weight excluding hydrogens is 376 g/mol. The summed E-state index contributed by atoms with van der Waals surface area (Å²) in [5, 5.41) is 0. The summed E-state index contributed by atoms with van der Waals surface area (Å²) in [6, 6.07) is 14.4. The fraction of sp³-hybridized carbons (Fsp3) is 0.333. The normalized spacial score (nSPS) is 21.9. The first-order chi connectivity index (χ1) is 12.1. The van der Waals surface area contributed by atoms with Crippen LogP contribution in [0.15, 0.2) is 68.1 Å². The summed E-state index contributed by atoms with van der Waals surface area (Å²) in [7, 11) is -3.58. The van der Waals surface area contributed by atoms with E-state index in [0.29, 0.717) is 9.79 Å². The molecule has 0 aromatic heterocycles. The van der Waals surface area contributed by atoms with E-state index in [0.717, 1.165) is 34.5 Å². The van der Waals surface area contributed by atoms with E-state index in [1.165, 1.54) is 0 Å². The van der Waals surface area contributed by atoms with Gasteiger partial charge in [-0.15, -0.1) is 23.5 Å². The second kappa shape index (κ2) is 7.32. The number of hydrogen-bond donors (Lipinski definition) is 0. The van der Waals surface area contributed by atoms with E-state index in [2.05, 4.69) is 0 Å². The molecule has 2 fully saturated rings. The molecule has 132 valence electrons. The molecule has 2 heterocycles. The van der Waals surface area contributed by atoms with Gasteiger partial charge in [0.15, 0.2) is 0 Å². The maximum Gasteiger partial charge on any atom is 0.208 e. The number of sulfone groups is 1. The lowest BCUT2D eigenvalue weighted by molar-refractivity contribution is 0.426. The lowest BCUT2D eigenvalue weighted by atomic mass is 10.4. The number of rotatable bonds is 8. The Kier molecular flexibility index (Phi) is 5.11. The summed E-state index contributed by atoms with van der Waals surface area (Å²) in [6.45, 7) is 1.54. The van der Waals surface area contributed by atoms with Gasteiger partial charge in [-0.1, -0.05) is 24.3 Å². The quantitative estimate of drug-likeness (QED) is 0.504. The molecule has 7 heteroatoms. The first-order valence-electron chi connectivity index (χ1n) is 8.06. The standard InChI is InChI=1S/C18H18O4S3/c19-25(20,17-7-3-1-5-15(17)23-11-13-9-21-13)18-8-4-2-6-16(18)24-12-14-10-22-14/h1-8,13-14H,9-12H2. The number of thioether (sulfide) groups is 2. The maximum absolute atomic E-state index is 13.3. The predicted octanol–water partition coefficient (Wildman–Crippen LogP) is 3.50. The van der Waals surface area contributed by atoms with Gasteiger partial charge < -0.3 is 9.47 Å². The van der Waals surface area contributed by atoms with Gasteiger partial charge in [0, 0.05) is 21.3 Å². The molecule has 2 aliphatic heterocycles. The Bertz CT molecular complexity index is 793. The fourth-order valence-corrected chi connectivity index (χ4v) is 6.71. The van der Waals surface area contributed by atoms with Crippen LogP contribution in [0.25, 0.3) is 0 Å². The molecule has 0 aliphatic carbocycles. The molecule has 0 radical (unpaired) electrons. The first kappa shape index (κ1) is 17.4. The Morgan fingerprint density at radius 1 is 0.800 bits per heavy atom. The van der Waals surface area contributed by atoms with Crippen molar-refractivity contribution in [3.63, 3.8) is 0 Å². The van der Waals surface area contributed by atoms with Gasteiger partial charge in [0.25, 0.3) is 0 Å². The van der Waals surface area contributed by atoms with Crippen molar-refractivity contribution in [3.05, 3.63) is 48.5 Å². The predicted molar refractivity (Wildman–Crippen MR) is 99.3 cm³/mol. The van der Waals surface area contributed by atoms with E-state index in [9.17, 15) is 8.42 Å². The van der Waals surface area contributed by atoms with Crippen molar-refractivity contribution in [3.8, 4) is 0 Å². The SMILES string of the molecule is O=S(=O)(c1ccccc1SCC1CO1)c1ccccc1SCC1CO1. The second-order valence-corrected chi connectivity index (χ2v) is 9.94. The van der Waals surface area contributed by atoms with Crippen LogP contribution in [0.1, 0.15) is 0 Å². The molecule has 0 amide bonds. The van der Waals surface area contributed by atoms with E-state index in [-0.39, 0.29) is 12.2 Å². The molecule has 4 nitrogen and oxygen atoms in total. The number of ether oxygens (including phenoxy) is 2. The van der Waals surface area contributed by atoms with Crippen LogP contribution in [0.3, 0.4) is 0 Å². The summed E-state index contributed by atoms with van der Waals surface area (Å²) in [5.41, 5.74) is 0. The smallest absolute Gasteiger partial charge is 0.208 e. The summed E-state index contributed by atoms with van der Waals surface area (Å²) >= 11 is 3.08. The van der Waals surface area contributed by atoms with E-state index in [1.54, 1.807) is 47.8 Å².